The van der Waals surface area contributed by atoms with Crippen molar-refractivity contribution in [1.29, 1.82) is 0 Å². The normalized spacial score (nSPS) is 12.7. The minimum Gasteiger partial charge on any atom is -0.489 e. The number of nitrogens with zero attached hydrogens (tertiary/aromatic N) is 3. The van der Waals surface area contributed by atoms with Crippen LogP contribution in [0, 0.1) is 12.7 Å². The molecule has 3 aromatic rings. The van der Waals surface area contributed by atoms with Crippen molar-refractivity contribution < 1.29 is 13.9 Å². The van der Waals surface area contributed by atoms with Gasteiger partial charge in [0.15, 0.2) is 5.75 Å². The summed E-state index contributed by atoms with van der Waals surface area (Å²) in [6, 6.07) is 14.0. The Morgan fingerprint density at radius 2 is 2.03 bits per heavy atom. The molecule has 1 amide bonds. The molecule has 1 aromatic heterocycles. The van der Waals surface area contributed by atoms with E-state index in [0.29, 0.717) is 35.8 Å². The van der Waals surface area contributed by atoms with Gasteiger partial charge in [-0.1, -0.05) is 12.1 Å². The smallest absolute Gasteiger partial charge is 0.259 e. The lowest BCUT2D eigenvalue weighted by atomic mass is 10.1. The molecule has 154 valence electrons. The molecule has 0 radical (unpaired) electrons. The fourth-order valence-electron chi connectivity index (χ4n) is 3.43. The molecule has 0 fully saturated rings. The maximum absolute atomic E-state index is 14.3. The molecular weight excluding hydrogens is 383 g/mol. The highest BCUT2D eigenvalue weighted by Crippen LogP contribution is 2.38. The van der Waals surface area contributed by atoms with Crippen molar-refractivity contribution in [2.24, 2.45) is 0 Å². The minimum atomic E-state index is -0.402. The van der Waals surface area contributed by atoms with E-state index in [2.05, 4.69) is 10.3 Å². The number of anilines is 4. The van der Waals surface area contributed by atoms with Crippen molar-refractivity contribution in [3.63, 3.8) is 0 Å². The number of fused-ring (bicyclic) bond motifs is 1. The van der Waals surface area contributed by atoms with Crippen molar-refractivity contribution in [3.8, 4) is 5.75 Å². The van der Waals surface area contributed by atoms with Gasteiger partial charge in [0.1, 0.15) is 18.2 Å². The van der Waals surface area contributed by atoms with Crippen molar-refractivity contribution in [1.82, 2.24) is 4.98 Å². The van der Waals surface area contributed by atoms with Crippen LogP contribution in [-0.2, 0) is 0 Å². The van der Waals surface area contributed by atoms with Gasteiger partial charge < -0.3 is 19.9 Å². The van der Waals surface area contributed by atoms with Crippen molar-refractivity contribution in [2.75, 3.05) is 42.4 Å². The third-order valence-electron chi connectivity index (χ3n) is 4.95. The number of nitrogens with one attached hydrogen (secondary N) is 1. The summed E-state index contributed by atoms with van der Waals surface area (Å²) in [5, 5.41) is 2.77. The van der Waals surface area contributed by atoms with E-state index in [4.69, 9.17) is 4.74 Å². The number of aryl methyl sites for hydroxylation is 1. The van der Waals surface area contributed by atoms with Crippen molar-refractivity contribution in [3.05, 3.63) is 71.7 Å². The molecule has 1 aliphatic heterocycles. The molecule has 6 nitrogen and oxygen atoms in total. The van der Waals surface area contributed by atoms with E-state index in [-0.39, 0.29) is 5.91 Å². The predicted octanol–water partition coefficient (Wildman–Crippen LogP) is 4.38. The molecule has 0 spiro atoms. The summed E-state index contributed by atoms with van der Waals surface area (Å²) in [6.07, 6.45) is 1.81. The topological polar surface area (TPSA) is 57.7 Å². The van der Waals surface area contributed by atoms with E-state index >= 15 is 0 Å². The first-order chi connectivity index (χ1) is 14.4. The van der Waals surface area contributed by atoms with E-state index in [1.807, 2.05) is 36.2 Å². The number of hydrogen-bond acceptors (Lipinski definition) is 5. The van der Waals surface area contributed by atoms with Gasteiger partial charge in [-0.2, -0.15) is 0 Å². The summed E-state index contributed by atoms with van der Waals surface area (Å²) in [5.41, 5.74) is 3.08. The zero-order valence-electron chi connectivity index (χ0n) is 17.1. The van der Waals surface area contributed by atoms with Crippen LogP contribution in [0.5, 0.6) is 5.75 Å². The lowest BCUT2D eigenvalue weighted by Crippen LogP contribution is -2.30. The van der Waals surface area contributed by atoms with Crippen LogP contribution in [0.2, 0.25) is 0 Å². The Kier molecular flexibility index (Phi) is 5.27. The average Bonchev–Trinajstić information content (AvgIpc) is 2.73. The fourth-order valence-corrected chi connectivity index (χ4v) is 3.43. The molecular formula is C23H23FN4O2. The molecule has 2 heterocycles. The standard InChI is InChI=1S/C23H23FN4O2/c1-15-7-10-21(25-14-15)28-11-12-30-22-17(5-4-6-20(22)28)23(29)26-16-8-9-19(27(2)3)18(24)13-16/h4-10,13-14H,11-12H2,1-3H3,(H,26,29). The third-order valence-corrected chi connectivity index (χ3v) is 4.95. The SMILES string of the molecule is Cc1ccc(N2CCOc3c(C(=O)Nc4ccc(N(C)C)c(F)c4)cccc32)nc1. The van der Waals surface area contributed by atoms with E-state index in [9.17, 15) is 9.18 Å². The molecule has 7 heteroatoms. The number of rotatable bonds is 4. The molecule has 1 aliphatic rings. The van der Waals surface area contributed by atoms with Crippen LogP contribution in [0.1, 0.15) is 15.9 Å². The first kappa shape index (κ1) is 19.7. The van der Waals surface area contributed by atoms with Gasteiger partial charge in [0.05, 0.1) is 23.5 Å². The van der Waals surface area contributed by atoms with Crippen LogP contribution in [0.4, 0.5) is 27.3 Å². The van der Waals surface area contributed by atoms with Gasteiger partial charge in [-0.05, 0) is 48.9 Å². The van der Waals surface area contributed by atoms with E-state index in [1.54, 1.807) is 43.3 Å². The maximum atomic E-state index is 14.3. The Labute approximate surface area is 174 Å². The molecule has 0 unspecified atom stereocenters. The summed E-state index contributed by atoms with van der Waals surface area (Å²) in [5.74, 6) is 0.529. The first-order valence-corrected chi connectivity index (χ1v) is 9.68. The number of hydrogen-bond donors (Lipinski definition) is 1. The Balaban J connectivity index is 1.63. The van der Waals surface area contributed by atoms with Gasteiger partial charge in [0, 0.05) is 26.0 Å². The molecule has 30 heavy (non-hydrogen) atoms. The van der Waals surface area contributed by atoms with Crippen molar-refractivity contribution >= 4 is 28.8 Å². The molecule has 0 aliphatic carbocycles. The van der Waals surface area contributed by atoms with E-state index in [1.165, 1.54) is 6.07 Å². The summed E-state index contributed by atoms with van der Waals surface area (Å²) >= 11 is 0. The minimum absolute atomic E-state index is 0.359. The number of halogens is 1. The second-order valence-electron chi connectivity index (χ2n) is 7.36. The first-order valence-electron chi connectivity index (χ1n) is 9.68. The van der Waals surface area contributed by atoms with Gasteiger partial charge in [-0.15, -0.1) is 0 Å². The van der Waals surface area contributed by atoms with Crippen LogP contribution in [-0.4, -0.2) is 38.1 Å². The molecule has 0 saturated carbocycles. The van der Waals surface area contributed by atoms with Crippen LogP contribution in [0.25, 0.3) is 0 Å². The number of carbonyl (C=O) groups excluding carboxylic acids is 1. The second kappa shape index (κ2) is 8.02. The Morgan fingerprint density at radius 3 is 2.73 bits per heavy atom. The van der Waals surface area contributed by atoms with Gasteiger partial charge in [-0.25, -0.2) is 9.37 Å². The lowest BCUT2D eigenvalue weighted by molar-refractivity contribution is 0.102. The molecule has 4 rings (SSSR count). The number of pyridine rings is 1. The number of aromatic nitrogens is 1. The van der Waals surface area contributed by atoms with Gasteiger partial charge in [0.25, 0.3) is 5.91 Å². The summed E-state index contributed by atoms with van der Waals surface area (Å²) in [4.78, 5) is 21.2. The quantitative estimate of drug-likeness (QED) is 0.697. The largest absolute Gasteiger partial charge is 0.489 e. The number of amides is 1. The summed E-state index contributed by atoms with van der Waals surface area (Å²) < 4.78 is 20.1. The predicted molar refractivity (Wildman–Crippen MR) is 117 cm³/mol. The monoisotopic (exact) mass is 406 g/mol. The second-order valence-corrected chi connectivity index (χ2v) is 7.36. The van der Waals surface area contributed by atoms with E-state index in [0.717, 1.165) is 17.1 Å². The molecule has 0 atom stereocenters. The summed E-state index contributed by atoms with van der Waals surface area (Å²) in [7, 11) is 3.53. The molecule has 1 N–H and O–H groups in total. The average molecular weight is 406 g/mol. The Morgan fingerprint density at radius 1 is 1.20 bits per heavy atom. The van der Waals surface area contributed by atoms with Crippen LogP contribution in [0.3, 0.4) is 0 Å². The highest BCUT2D eigenvalue weighted by molar-refractivity contribution is 6.07. The van der Waals surface area contributed by atoms with E-state index < -0.39 is 5.82 Å². The maximum Gasteiger partial charge on any atom is 0.259 e. The molecule has 2 aromatic carbocycles. The Bertz CT molecular complexity index is 1080. The fraction of sp³-hybridized carbons (Fsp3) is 0.217. The van der Waals surface area contributed by atoms with Gasteiger partial charge in [0.2, 0.25) is 0 Å². The Hall–Kier alpha value is -3.61. The molecule has 0 saturated heterocycles. The zero-order valence-corrected chi connectivity index (χ0v) is 17.1. The van der Waals surface area contributed by atoms with Crippen LogP contribution in [0.15, 0.2) is 54.7 Å². The highest BCUT2D eigenvalue weighted by atomic mass is 19.1. The number of para-hydroxylation sites is 1. The number of benzene rings is 2. The zero-order chi connectivity index (χ0) is 21.3. The van der Waals surface area contributed by atoms with Crippen LogP contribution >= 0.6 is 0 Å². The third kappa shape index (κ3) is 3.78. The lowest BCUT2D eigenvalue weighted by Gasteiger charge is -2.31. The number of carbonyl (C=O) groups is 1. The van der Waals surface area contributed by atoms with Crippen molar-refractivity contribution in [2.45, 2.75) is 6.92 Å². The number of ether oxygens (including phenoxy) is 1. The van der Waals surface area contributed by atoms with Gasteiger partial charge >= 0.3 is 0 Å². The molecule has 0 bridgehead atoms. The highest BCUT2D eigenvalue weighted by Gasteiger charge is 2.25. The summed E-state index contributed by atoms with van der Waals surface area (Å²) in [6.45, 7) is 3.05. The van der Waals surface area contributed by atoms with Gasteiger partial charge in [-0.3, -0.25) is 4.79 Å². The van der Waals surface area contributed by atoms with Crippen LogP contribution < -0.4 is 19.9 Å².